The fourth-order valence-corrected chi connectivity index (χ4v) is 1.64. The minimum Gasteiger partial charge on any atom is -0.307 e. The Morgan fingerprint density at radius 2 is 1.93 bits per heavy atom. The minimum atomic E-state index is 0.384. The van der Waals surface area contributed by atoms with Crippen LogP contribution in [0.1, 0.15) is 38.8 Å². The quantitative estimate of drug-likeness (QED) is 0.567. The van der Waals surface area contributed by atoms with Crippen LogP contribution in [-0.4, -0.2) is 9.97 Å². The van der Waals surface area contributed by atoms with Gasteiger partial charge in [-0.25, -0.2) is 10.8 Å². The zero-order valence-corrected chi connectivity index (χ0v) is 8.99. The lowest BCUT2D eigenvalue weighted by atomic mass is 9.96. The van der Waals surface area contributed by atoms with E-state index in [1.165, 1.54) is 0 Å². The van der Waals surface area contributed by atoms with Crippen LogP contribution in [-0.2, 0) is 0 Å². The fraction of sp³-hybridized carbons (Fsp3) is 0.600. The largest absolute Gasteiger partial charge is 0.307 e. The van der Waals surface area contributed by atoms with Crippen LogP contribution in [0.3, 0.4) is 0 Å². The van der Waals surface area contributed by atoms with Crippen molar-refractivity contribution in [3.8, 4) is 0 Å². The molecule has 0 amide bonds. The molecule has 1 aromatic rings. The van der Waals surface area contributed by atoms with Gasteiger partial charge in [0.15, 0.2) is 5.82 Å². The van der Waals surface area contributed by atoms with Crippen LogP contribution in [0.25, 0.3) is 0 Å². The van der Waals surface area contributed by atoms with E-state index in [0.29, 0.717) is 17.7 Å². The van der Waals surface area contributed by atoms with Crippen molar-refractivity contribution < 1.29 is 0 Å². The van der Waals surface area contributed by atoms with Gasteiger partial charge in [0, 0.05) is 18.3 Å². The number of aromatic nitrogens is 2. The van der Waals surface area contributed by atoms with Gasteiger partial charge in [0.25, 0.3) is 0 Å². The first-order chi connectivity index (χ1) is 6.65. The highest BCUT2D eigenvalue weighted by Gasteiger charge is 2.13. The van der Waals surface area contributed by atoms with Crippen molar-refractivity contribution in [3.63, 3.8) is 0 Å². The summed E-state index contributed by atoms with van der Waals surface area (Å²) in [5.41, 5.74) is 3.52. The first-order valence-corrected chi connectivity index (χ1v) is 4.92. The molecule has 1 aromatic heterocycles. The number of hydrazine groups is 1. The van der Waals surface area contributed by atoms with Crippen LogP contribution in [0.5, 0.6) is 0 Å². The van der Waals surface area contributed by atoms with Gasteiger partial charge >= 0.3 is 0 Å². The molecule has 1 atom stereocenters. The molecule has 0 saturated carbocycles. The molecule has 1 unspecified atom stereocenters. The van der Waals surface area contributed by atoms with Gasteiger partial charge < -0.3 is 5.43 Å². The molecule has 1 rings (SSSR count). The number of hydrogen-bond acceptors (Lipinski definition) is 4. The van der Waals surface area contributed by atoms with Gasteiger partial charge in [-0.2, -0.15) is 0 Å². The molecule has 0 spiro atoms. The Bertz CT molecular complexity index is 285. The third kappa shape index (κ3) is 2.67. The van der Waals surface area contributed by atoms with Crippen LogP contribution < -0.4 is 11.3 Å². The maximum atomic E-state index is 5.37. The molecule has 0 aliphatic heterocycles. The average Bonchev–Trinajstić information content (AvgIpc) is 2.16. The van der Waals surface area contributed by atoms with Gasteiger partial charge in [0.2, 0.25) is 0 Å². The first-order valence-electron chi connectivity index (χ1n) is 4.92. The summed E-state index contributed by atoms with van der Waals surface area (Å²) in [7, 11) is 0. The zero-order chi connectivity index (χ0) is 10.6. The molecule has 78 valence electrons. The normalized spacial score (nSPS) is 12.9. The van der Waals surface area contributed by atoms with Gasteiger partial charge in [-0.15, -0.1) is 0 Å². The predicted octanol–water partition coefficient (Wildman–Crippen LogP) is 1.91. The molecule has 0 saturated heterocycles. The van der Waals surface area contributed by atoms with Gasteiger partial charge in [0.05, 0.1) is 5.69 Å². The molecular formula is C10H18N4. The summed E-state index contributed by atoms with van der Waals surface area (Å²) < 4.78 is 0. The molecule has 4 heteroatoms. The Balaban J connectivity index is 2.82. The number of anilines is 1. The molecule has 0 aliphatic rings. The topological polar surface area (TPSA) is 63.8 Å². The van der Waals surface area contributed by atoms with E-state index in [1.807, 2.05) is 0 Å². The van der Waals surface area contributed by atoms with E-state index in [9.17, 15) is 0 Å². The van der Waals surface area contributed by atoms with Crippen LogP contribution in [0, 0.1) is 5.92 Å². The number of nitrogens with one attached hydrogen (secondary N) is 1. The highest BCUT2D eigenvalue weighted by atomic mass is 15.3. The van der Waals surface area contributed by atoms with Crippen LogP contribution in [0.15, 0.2) is 12.4 Å². The van der Waals surface area contributed by atoms with Crippen molar-refractivity contribution in [3.05, 3.63) is 18.1 Å². The third-order valence-corrected chi connectivity index (χ3v) is 2.16. The van der Waals surface area contributed by atoms with E-state index in [4.69, 9.17) is 5.84 Å². The predicted molar refractivity (Wildman–Crippen MR) is 57.7 cm³/mol. The second-order valence-corrected chi connectivity index (χ2v) is 3.97. The van der Waals surface area contributed by atoms with Crippen LogP contribution in [0.2, 0.25) is 0 Å². The summed E-state index contributed by atoms with van der Waals surface area (Å²) in [6.45, 7) is 6.54. The zero-order valence-electron chi connectivity index (χ0n) is 8.99. The van der Waals surface area contributed by atoms with Crippen LogP contribution >= 0.6 is 0 Å². The van der Waals surface area contributed by atoms with E-state index in [0.717, 1.165) is 12.1 Å². The number of nitrogens with zero attached hydrogens (tertiary/aromatic N) is 2. The summed E-state index contributed by atoms with van der Waals surface area (Å²) in [6.07, 6.45) is 4.43. The van der Waals surface area contributed by atoms with Crippen molar-refractivity contribution in [2.75, 3.05) is 5.43 Å². The van der Waals surface area contributed by atoms with E-state index in [2.05, 4.69) is 36.2 Å². The summed E-state index contributed by atoms with van der Waals surface area (Å²) in [6, 6.07) is 0. The van der Waals surface area contributed by atoms with Gasteiger partial charge in [-0.05, 0) is 12.3 Å². The molecular weight excluding hydrogens is 176 g/mol. The SMILES string of the molecule is CC(C)CC(C)c1nccnc1NN. The summed E-state index contributed by atoms with van der Waals surface area (Å²) in [5.74, 6) is 7.08. The maximum absolute atomic E-state index is 5.37. The lowest BCUT2D eigenvalue weighted by Gasteiger charge is -2.15. The lowest BCUT2D eigenvalue weighted by molar-refractivity contribution is 0.516. The monoisotopic (exact) mass is 194 g/mol. The first kappa shape index (κ1) is 10.9. The summed E-state index contributed by atoms with van der Waals surface area (Å²) in [5, 5.41) is 0. The van der Waals surface area contributed by atoms with Crippen molar-refractivity contribution >= 4 is 5.82 Å². The molecule has 4 nitrogen and oxygen atoms in total. The van der Waals surface area contributed by atoms with Crippen molar-refractivity contribution in [1.82, 2.24) is 9.97 Å². The second-order valence-electron chi connectivity index (χ2n) is 3.97. The average molecular weight is 194 g/mol. The second kappa shape index (κ2) is 4.91. The Hall–Kier alpha value is -1.16. The lowest BCUT2D eigenvalue weighted by Crippen LogP contribution is -2.14. The molecule has 0 aromatic carbocycles. The van der Waals surface area contributed by atoms with Crippen LogP contribution in [0.4, 0.5) is 5.82 Å². The molecule has 0 fully saturated rings. The van der Waals surface area contributed by atoms with E-state index in [-0.39, 0.29) is 0 Å². The molecule has 0 radical (unpaired) electrons. The van der Waals surface area contributed by atoms with E-state index >= 15 is 0 Å². The van der Waals surface area contributed by atoms with Gasteiger partial charge in [-0.1, -0.05) is 20.8 Å². The van der Waals surface area contributed by atoms with Crippen molar-refractivity contribution in [1.29, 1.82) is 0 Å². The summed E-state index contributed by atoms with van der Waals surface area (Å²) in [4.78, 5) is 8.42. The maximum Gasteiger partial charge on any atom is 0.162 e. The standard InChI is InChI=1S/C10H18N4/c1-7(2)6-8(3)9-10(14-11)13-5-4-12-9/h4-5,7-8H,6,11H2,1-3H3,(H,13,14). The molecule has 14 heavy (non-hydrogen) atoms. The Kier molecular flexibility index (Phi) is 3.83. The highest BCUT2D eigenvalue weighted by Crippen LogP contribution is 2.25. The smallest absolute Gasteiger partial charge is 0.162 e. The number of nitrogen functional groups attached to an aromatic ring is 1. The van der Waals surface area contributed by atoms with E-state index in [1.54, 1.807) is 12.4 Å². The number of nitrogens with two attached hydrogens (primary N) is 1. The van der Waals surface area contributed by atoms with Gasteiger partial charge in [0.1, 0.15) is 0 Å². The minimum absolute atomic E-state index is 0.384. The van der Waals surface area contributed by atoms with Crippen molar-refractivity contribution in [2.24, 2.45) is 11.8 Å². The third-order valence-electron chi connectivity index (χ3n) is 2.16. The Morgan fingerprint density at radius 1 is 1.29 bits per heavy atom. The summed E-state index contributed by atoms with van der Waals surface area (Å²) >= 11 is 0. The molecule has 0 aliphatic carbocycles. The molecule has 1 heterocycles. The number of hydrogen-bond donors (Lipinski definition) is 2. The van der Waals surface area contributed by atoms with Crippen molar-refractivity contribution in [2.45, 2.75) is 33.1 Å². The molecule has 3 N–H and O–H groups in total. The Labute approximate surface area is 84.9 Å². The van der Waals surface area contributed by atoms with Gasteiger partial charge in [-0.3, -0.25) is 4.98 Å². The molecule has 0 bridgehead atoms. The highest BCUT2D eigenvalue weighted by molar-refractivity contribution is 5.39. The Morgan fingerprint density at radius 3 is 2.50 bits per heavy atom. The van der Waals surface area contributed by atoms with E-state index < -0.39 is 0 Å². The fourth-order valence-electron chi connectivity index (χ4n) is 1.64. The number of rotatable bonds is 4.